The van der Waals surface area contributed by atoms with E-state index in [1.165, 1.54) is 10.9 Å². The molecule has 36 heavy (non-hydrogen) atoms. The van der Waals surface area contributed by atoms with Crippen LogP contribution in [0.4, 0.5) is 19.0 Å². The predicted octanol–water partition coefficient (Wildman–Crippen LogP) is -5.88. The van der Waals surface area contributed by atoms with E-state index in [0.717, 1.165) is 11.8 Å². The van der Waals surface area contributed by atoms with Gasteiger partial charge in [-0.2, -0.15) is 24.9 Å². The van der Waals surface area contributed by atoms with Crippen molar-refractivity contribution in [2.45, 2.75) is 42.3 Å². The minimum Gasteiger partial charge on any atom is -0.790 e. The molecule has 0 bridgehead atoms. The number of nitrogens with zero attached hydrogens (tertiary/aromatic N) is 4. The van der Waals surface area contributed by atoms with E-state index in [4.69, 9.17) is 4.74 Å². The van der Waals surface area contributed by atoms with Gasteiger partial charge in [-0.25, -0.2) is 15.0 Å². The van der Waals surface area contributed by atoms with Crippen LogP contribution in [0.5, 0.6) is 0 Å². The molecule has 3 heterocycles. The quantitative estimate of drug-likeness (QED) is 0.0739. The molecule has 0 amide bonds. The van der Waals surface area contributed by atoms with Gasteiger partial charge < -0.3 is 39.1 Å². The molecule has 1 fully saturated rings. The molecular formula is C16H21F3N5Na2O7PS2. The fourth-order valence-electron chi connectivity index (χ4n) is 3.06. The van der Waals surface area contributed by atoms with E-state index in [1.54, 1.807) is 11.8 Å². The minimum absolute atomic E-state index is 0. The van der Waals surface area contributed by atoms with E-state index in [-0.39, 0.29) is 87.0 Å². The van der Waals surface area contributed by atoms with Gasteiger partial charge in [-0.15, -0.1) is 0 Å². The number of alkyl halides is 3. The molecule has 3 rings (SSSR count). The van der Waals surface area contributed by atoms with Crippen molar-refractivity contribution < 1.29 is 106 Å². The van der Waals surface area contributed by atoms with Crippen LogP contribution >= 0.6 is 31.3 Å². The van der Waals surface area contributed by atoms with E-state index in [1.807, 2.05) is 6.26 Å². The molecule has 0 radical (unpaired) electrons. The number of aliphatic hydroxyl groups excluding tert-OH is 2. The Kier molecular flexibility index (Phi) is 14.5. The van der Waals surface area contributed by atoms with Crippen LogP contribution < -0.4 is 74.2 Å². The van der Waals surface area contributed by atoms with Crippen LogP contribution in [0.2, 0.25) is 0 Å². The number of aromatic nitrogens is 4. The number of hydrogen-bond acceptors (Lipinski definition) is 13. The van der Waals surface area contributed by atoms with Gasteiger partial charge in [-0.3, -0.25) is 4.57 Å². The molecule has 1 aliphatic rings. The smallest absolute Gasteiger partial charge is 0.790 e. The van der Waals surface area contributed by atoms with Crippen molar-refractivity contribution in [3.8, 4) is 0 Å². The summed E-state index contributed by atoms with van der Waals surface area (Å²) in [5.74, 6) is 0.655. The molecule has 12 nitrogen and oxygen atoms in total. The van der Waals surface area contributed by atoms with Gasteiger partial charge in [0.1, 0.15) is 18.3 Å². The first-order valence-electron chi connectivity index (χ1n) is 9.75. The van der Waals surface area contributed by atoms with Crippen molar-refractivity contribution in [3.05, 3.63) is 6.33 Å². The molecule has 1 aliphatic heterocycles. The second kappa shape index (κ2) is 15.0. The van der Waals surface area contributed by atoms with E-state index >= 15 is 0 Å². The summed E-state index contributed by atoms with van der Waals surface area (Å²) in [5.41, 5.74) is 0.349. The fraction of sp³-hybridized carbons (Fsp3) is 0.688. The molecule has 20 heteroatoms. The normalized spacial score (nSPS) is 22.3. The van der Waals surface area contributed by atoms with Crippen LogP contribution in [0.3, 0.4) is 0 Å². The maximum absolute atomic E-state index is 12.6. The van der Waals surface area contributed by atoms with Gasteiger partial charge in [0, 0.05) is 18.1 Å². The second-order valence-corrected chi connectivity index (χ2v) is 10.3. The molecule has 0 spiro atoms. The number of rotatable bonds is 11. The molecular weight excluding hydrogens is 572 g/mol. The number of fused-ring (bicyclic) bond motifs is 1. The Hall–Kier alpha value is 0.830. The van der Waals surface area contributed by atoms with E-state index in [2.05, 4.69) is 24.8 Å². The van der Waals surface area contributed by atoms with Gasteiger partial charge in [0.05, 0.1) is 27.2 Å². The Morgan fingerprint density at radius 1 is 1.25 bits per heavy atom. The number of thioether (sulfide) groups is 2. The topological polar surface area (TPSA) is 178 Å². The average Bonchev–Trinajstić information content (AvgIpc) is 3.27. The number of imidazole rings is 1. The van der Waals surface area contributed by atoms with Gasteiger partial charge in [0.2, 0.25) is 0 Å². The van der Waals surface area contributed by atoms with Crippen LogP contribution in [0.15, 0.2) is 11.5 Å². The summed E-state index contributed by atoms with van der Waals surface area (Å²) in [7, 11) is -5.34. The summed E-state index contributed by atoms with van der Waals surface area (Å²) >= 11 is 2.34. The summed E-state index contributed by atoms with van der Waals surface area (Å²) in [6, 6.07) is 0. The molecule has 2 aromatic rings. The molecule has 3 N–H and O–H groups in total. The fourth-order valence-corrected chi connectivity index (χ4v) is 4.52. The Bertz CT molecular complexity index is 1040. The van der Waals surface area contributed by atoms with Crippen LogP contribution in [0.25, 0.3) is 11.2 Å². The third-order valence-electron chi connectivity index (χ3n) is 4.62. The summed E-state index contributed by atoms with van der Waals surface area (Å²) < 4.78 is 59.3. The van der Waals surface area contributed by atoms with Crippen molar-refractivity contribution >= 4 is 48.3 Å². The van der Waals surface area contributed by atoms with Crippen molar-refractivity contribution in [2.75, 3.05) is 36.2 Å². The molecule has 2 aromatic heterocycles. The van der Waals surface area contributed by atoms with Crippen LogP contribution in [0, 0.1) is 0 Å². The maximum atomic E-state index is 12.6. The predicted molar refractivity (Wildman–Crippen MR) is 113 cm³/mol. The number of ether oxygens (including phenoxy) is 1. The number of aliphatic hydroxyl groups is 2. The molecule has 1 saturated heterocycles. The average molecular weight is 593 g/mol. The standard InChI is InChI=1S/C16H23F3N5O7PS2.2Na/c1-33-5-3-20-12-9-13(23-15(22-12)34-4-2-16(17,18)19)24(7-21-9)14-11(26)10(25)8(31-14)6-30-32(27,28)29;;/h7-8,10-11,14,25-26H,2-6H2,1H3,(H,20,22,23)(H2,27,28,29);;/q;2*+1/p-2/t8-,10-,11-,14-;;/m1../s1. The number of phosphoric ester groups is 1. The van der Waals surface area contributed by atoms with E-state index < -0.39 is 51.6 Å². The molecule has 0 aromatic carbocycles. The number of phosphoric acid groups is 1. The molecule has 192 valence electrons. The first-order valence-corrected chi connectivity index (χ1v) is 13.6. The second-order valence-electron chi connectivity index (χ2n) is 7.10. The van der Waals surface area contributed by atoms with Crippen LogP contribution in [0.1, 0.15) is 12.6 Å². The molecule has 0 aliphatic carbocycles. The Morgan fingerprint density at radius 2 is 1.94 bits per heavy atom. The number of halogens is 3. The number of nitrogens with one attached hydrogen (secondary N) is 1. The number of anilines is 1. The van der Waals surface area contributed by atoms with Crippen molar-refractivity contribution in [3.63, 3.8) is 0 Å². The van der Waals surface area contributed by atoms with Gasteiger partial charge in [0.25, 0.3) is 0 Å². The first kappa shape index (κ1) is 34.9. The Balaban J connectivity index is 0.00000324. The molecule has 0 saturated carbocycles. The van der Waals surface area contributed by atoms with Crippen LogP contribution in [-0.2, 0) is 13.8 Å². The summed E-state index contributed by atoms with van der Waals surface area (Å²) in [5, 5.41) is 23.7. The van der Waals surface area contributed by atoms with Crippen LogP contribution in [-0.4, -0.2) is 85.1 Å². The SMILES string of the molecule is CSCCNc1nc(SCCC(F)(F)F)nc2c1ncn2[C@@H]1O[C@H](COP(=O)([O-])[O-])[C@@H](O)[C@H]1O.[Na+].[Na+]. The van der Waals surface area contributed by atoms with E-state index in [0.29, 0.717) is 12.3 Å². The summed E-state index contributed by atoms with van der Waals surface area (Å²) in [6.07, 6.45) is -8.08. The zero-order valence-corrected chi connectivity index (χ0v) is 26.1. The largest absolute Gasteiger partial charge is 1.00 e. The molecule has 0 unspecified atom stereocenters. The zero-order valence-electron chi connectivity index (χ0n) is 19.5. The minimum atomic E-state index is -5.34. The zero-order chi connectivity index (χ0) is 25.1. The Morgan fingerprint density at radius 3 is 2.56 bits per heavy atom. The van der Waals surface area contributed by atoms with Gasteiger partial charge in [-0.05, 0) is 6.26 Å². The summed E-state index contributed by atoms with van der Waals surface area (Å²) in [6.45, 7) is -0.335. The van der Waals surface area contributed by atoms with Gasteiger partial charge in [0.15, 0.2) is 28.4 Å². The van der Waals surface area contributed by atoms with Crippen molar-refractivity contribution in [2.24, 2.45) is 0 Å². The van der Waals surface area contributed by atoms with Gasteiger partial charge >= 0.3 is 65.3 Å². The van der Waals surface area contributed by atoms with Crippen molar-refractivity contribution in [1.29, 1.82) is 0 Å². The summed E-state index contributed by atoms with van der Waals surface area (Å²) in [4.78, 5) is 34.2. The maximum Gasteiger partial charge on any atom is 1.00 e. The third kappa shape index (κ3) is 9.78. The third-order valence-corrected chi connectivity index (χ3v) is 6.55. The monoisotopic (exact) mass is 593 g/mol. The Labute approximate surface area is 256 Å². The molecule has 4 atom stereocenters. The van der Waals surface area contributed by atoms with E-state index in [9.17, 15) is 37.7 Å². The van der Waals surface area contributed by atoms with Crippen molar-refractivity contribution in [1.82, 2.24) is 19.5 Å². The number of hydrogen-bond donors (Lipinski definition) is 3. The first-order chi connectivity index (χ1) is 15.9. The van der Waals surface area contributed by atoms with Gasteiger partial charge in [-0.1, -0.05) is 11.8 Å².